The van der Waals surface area contributed by atoms with Gasteiger partial charge in [0.1, 0.15) is 0 Å². The fraction of sp³-hybridized carbons (Fsp3) is 0.200. The van der Waals surface area contributed by atoms with E-state index in [-0.39, 0.29) is 69.6 Å². The molecule has 106 valence electrons. The number of halogens is 7. The van der Waals surface area contributed by atoms with Crippen molar-refractivity contribution in [2.45, 2.75) is 12.4 Å². The van der Waals surface area contributed by atoms with E-state index < -0.39 is 35.4 Å². The molecule has 1 rings (SSSR count). The van der Waals surface area contributed by atoms with E-state index in [1.807, 2.05) is 0 Å². The molecule has 0 aliphatic rings. The second-order valence-electron chi connectivity index (χ2n) is 3.86. The van der Waals surface area contributed by atoms with Gasteiger partial charge in [0.25, 0.3) is 0 Å². The van der Waals surface area contributed by atoms with E-state index in [1.165, 1.54) is 0 Å². The molecule has 2 nitrogen and oxygen atoms in total. The van der Waals surface area contributed by atoms with Crippen molar-refractivity contribution >= 4 is 11.9 Å². The van der Waals surface area contributed by atoms with Crippen LogP contribution in [0.4, 0.5) is 30.7 Å². The van der Waals surface area contributed by atoms with Gasteiger partial charge in [-0.1, -0.05) is 24.1 Å². The van der Waals surface area contributed by atoms with Crippen molar-refractivity contribution in [2.24, 2.45) is 0 Å². The maximum atomic E-state index is 13.7. The molecule has 11 heteroatoms. The Morgan fingerprint density at radius 1 is 0.810 bits per heavy atom. The van der Waals surface area contributed by atoms with E-state index in [2.05, 4.69) is 0 Å². The quantitative estimate of drug-likeness (QED) is 0.535. The Bertz CT molecular complexity index is 566. The number of rotatable bonds is 1. The summed E-state index contributed by atoms with van der Waals surface area (Å²) in [6.07, 6.45) is -14.6. The normalized spacial score (nSPS) is 12.0. The summed E-state index contributed by atoms with van der Waals surface area (Å²) in [6, 6.07) is -0.155. The first-order chi connectivity index (χ1) is 8.94. The minimum Gasteiger partial charge on any atom is -0.476 e. The number of nitriles is 2. The first kappa shape index (κ1) is 20.4. The van der Waals surface area contributed by atoms with Gasteiger partial charge in [-0.25, -0.2) is 10.5 Å². The molecule has 0 saturated heterocycles. The van der Waals surface area contributed by atoms with E-state index in [4.69, 9.17) is 10.5 Å². The first-order valence-corrected chi connectivity index (χ1v) is 4.90. The van der Waals surface area contributed by atoms with Gasteiger partial charge in [-0.3, -0.25) is 0 Å². The maximum Gasteiger partial charge on any atom is 1.00 e. The Kier molecular flexibility index (Phi) is 6.48. The van der Waals surface area contributed by atoms with Crippen LogP contribution in [-0.2, 0) is 12.4 Å². The second kappa shape index (κ2) is 6.67. The molecule has 1 aromatic rings. The van der Waals surface area contributed by atoms with Crippen LogP contribution >= 0.6 is 0 Å². The Balaban J connectivity index is 0.00000400. The molecule has 0 aliphatic carbocycles. The molecule has 0 amide bonds. The summed E-state index contributed by atoms with van der Waals surface area (Å²) in [4.78, 5) is 0. The van der Waals surface area contributed by atoms with E-state index >= 15 is 0 Å². The average Bonchev–Trinajstić information content (AvgIpc) is 2.35. The number of hydrogen-bond donors (Lipinski definition) is 0. The fourth-order valence-electron chi connectivity index (χ4n) is 1.39. The van der Waals surface area contributed by atoms with Crippen LogP contribution in [-0.4, -0.2) is 6.42 Å². The van der Waals surface area contributed by atoms with Gasteiger partial charge in [-0.15, -0.1) is 5.46 Å². The molecule has 0 aliphatic heterocycles. The van der Waals surface area contributed by atoms with Crippen molar-refractivity contribution in [3.63, 3.8) is 0 Å². The van der Waals surface area contributed by atoms with E-state index in [1.54, 1.807) is 0 Å². The molecule has 0 spiro atoms. The molecular formula is C10H3BF7KN2. The van der Waals surface area contributed by atoms with Gasteiger partial charge < -0.3 is 4.32 Å². The summed E-state index contributed by atoms with van der Waals surface area (Å²) in [5.41, 5.74) is -4.81. The summed E-state index contributed by atoms with van der Waals surface area (Å²) in [5, 5.41) is 16.9. The molecule has 1 aromatic carbocycles. The van der Waals surface area contributed by atoms with E-state index in [0.29, 0.717) is 0 Å². The molecule has 0 N–H and O–H groups in total. The zero-order valence-corrected chi connectivity index (χ0v) is 13.5. The Morgan fingerprint density at radius 2 is 1.14 bits per heavy atom. The van der Waals surface area contributed by atoms with Gasteiger partial charge in [-0.05, 0) is 6.07 Å². The van der Waals surface area contributed by atoms with Gasteiger partial charge in [0, 0.05) is 0 Å². The van der Waals surface area contributed by atoms with Crippen molar-refractivity contribution in [3.05, 3.63) is 29.3 Å². The van der Waals surface area contributed by atoms with Crippen LogP contribution in [0.15, 0.2) is 18.2 Å². The first-order valence-electron chi connectivity index (χ1n) is 4.90. The Hall–Kier alpha value is -0.589. The monoisotopic (exact) mass is 334 g/mol. The van der Waals surface area contributed by atoms with Crippen molar-refractivity contribution < 1.29 is 82.0 Å². The molecule has 0 unspecified atom stereocenters. The van der Waals surface area contributed by atoms with Crippen LogP contribution in [0.25, 0.3) is 0 Å². The van der Waals surface area contributed by atoms with E-state index in [0.717, 1.165) is 11.9 Å². The molecule has 0 fully saturated rings. The smallest absolute Gasteiger partial charge is 0.476 e. The topological polar surface area (TPSA) is 47.6 Å². The summed E-state index contributed by atoms with van der Waals surface area (Å²) in [6.45, 7) is 0. The summed E-state index contributed by atoms with van der Waals surface area (Å²) in [7, 11) is 0. The van der Waals surface area contributed by atoms with Gasteiger partial charge in [-0.2, -0.15) is 26.3 Å². The van der Waals surface area contributed by atoms with Crippen LogP contribution in [0.5, 0.6) is 0 Å². The number of benzene rings is 1. The minimum absolute atomic E-state index is 0. The van der Waals surface area contributed by atoms with Crippen molar-refractivity contribution in [1.82, 2.24) is 0 Å². The molecule has 21 heavy (non-hydrogen) atoms. The van der Waals surface area contributed by atoms with Crippen molar-refractivity contribution in [3.8, 4) is 11.9 Å². The Morgan fingerprint density at radius 3 is 1.38 bits per heavy atom. The van der Waals surface area contributed by atoms with Gasteiger partial charge >= 0.3 is 70.2 Å². The largest absolute Gasteiger partial charge is 1.00 e. The van der Waals surface area contributed by atoms with E-state index in [9.17, 15) is 30.7 Å². The number of hydrogen-bond acceptors (Lipinski definition) is 2. The summed E-state index contributed by atoms with van der Waals surface area (Å²) >= 11 is 0. The molecule has 0 aromatic heterocycles. The minimum atomic E-state index is -5.17. The number of alkyl halides is 6. The molecule has 0 bridgehead atoms. The second-order valence-corrected chi connectivity index (χ2v) is 3.86. The SMILES string of the molecule is N#C[B-](F)(C#N)c1cc(C(F)(F)F)cc(C(F)(F)F)c1.[K+]. The summed E-state index contributed by atoms with van der Waals surface area (Å²) < 4.78 is 88.6. The van der Waals surface area contributed by atoms with Crippen LogP contribution in [0.3, 0.4) is 0 Å². The Labute approximate surface area is 156 Å². The number of nitrogens with zero attached hydrogens (tertiary/aromatic N) is 2. The molecule has 0 atom stereocenters. The van der Waals surface area contributed by atoms with Crippen molar-refractivity contribution in [2.75, 3.05) is 0 Å². The van der Waals surface area contributed by atoms with Crippen LogP contribution < -0.4 is 56.8 Å². The van der Waals surface area contributed by atoms with Crippen molar-refractivity contribution in [1.29, 1.82) is 10.5 Å². The van der Waals surface area contributed by atoms with Gasteiger partial charge in [0.2, 0.25) is 0 Å². The van der Waals surface area contributed by atoms with Gasteiger partial charge in [0.05, 0.1) is 11.1 Å². The van der Waals surface area contributed by atoms with Gasteiger partial charge in [0.15, 0.2) is 0 Å². The molecular weight excluding hydrogens is 331 g/mol. The fourth-order valence-corrected chi connectivity index (χ4v) is 1.39. The standard InChI is InChI=1S/C10H3BF7N2.K/c12-9(13,14)6-1-7(10(15,16)17)3-8(2-6)11(18,4-19)5-20;/h1-3H;/q-1;+1. The predicted molar refractivity (Wildman–Crippen MR) is 54.2 cm³/mol. The molecule has 0 saturated carbocycles. The maximum absolute atomic E-state index is 13.7. The third kappa shape index (κ3) is 4.69. The van der Waals surface area contributed by atoms with Crippen LogP contribution in [0.2, 0.25) is 0 Å². The van der Waals surface area contributed by atoms with Crippen LogP contribution in [0.1, 0.15) is 11.1 Å². The third-order valence-corrected chi connectivity index (χ3v) is 2.43. The predicted octanol–water partition coefficient (Wildman–Crippen LogP) is -0.0242. The van der Waals surface area contributed by atoms with Crippen LogP contribution in [0, 0.1) is 22.5 Å². The molecule has 0 radical (unpaired) electrons. The third-order valence-electron chi connectivity index (χ3n) is 2.43. The summed E-state index contributed by atoms with van der Waals surface area (Å²) in [5.74, 6) is 1.60. The zero-order valence-electron chi connectivity index (χ0n) is 10.3. The molecule has 0 heterocycles. The zero-order chi connectivity index (χ0) is 15.8. The average molecular weight is 334 g/mol.